The third kappa shape index (κ3) is 2.12. The zero-order valence-electron chi connectivity index (χ0n) is 9.68. The predicted molar refractivity (Wildman–Crippen MR) is 62.3 cm³/mol. The molecule has 0 bridgehead atoms. The van der Waals surface area contributed by atoms with Crippen molar-refractivity contribution in [2.75, 3.05) is 0 Å². The second-order valence-corrected chi connectivity index (χ2v) is 4.31. The lowest BCUT2D eigenvalue weighted by Gasteiger charge is -2.53. The molecule has 0 amide bonds. The topological polar surface area (TPSA) is 245 Å². The lowest BCUT2D eigenvalue weighted by molar-refractivity contribution is -0.148. The Hall–Kier alpha value is -0.850. The molecule has 0 aliphatic carbocycles. The zero-order chi connectivity index (χ0) is 14.3. The molecule has 0 radical (unpaired) electrons. The first kappa shape index (κ1) is 16.1. The molecule has 0 aromatic rings. The molecule has 0 spiro atoms. The van der Waals surface area contributed by atoms with Crippen LogP contribution in [0.15, 0.2) is 0 Å². The molecule has 17 N–H and O–H groups in total. The minimum atomic E-state index is -2.60. The Bertz CT molecular complexity index is 311. The van der Waals surface area contributed by atoms with Gasteiger partial charge in [-0.3, -0.25) is 0 Å². The van der Waals surface area contributed by atoms with E-state index in [0.29, 0.717) is 0 Å². The Morgan fingerprint density at radius 1 is 0.941 bits per heavy atom. The van der Waals surface area contributed by atoms with E-state index in [1.807, 2.05) is 0 Å². The van der Waals surface area contributed by atoms with Crippen molar-refractivity contribution < 1.29 is 9.90 Å². The fourth-order valence-electron chi connectivity index (χ4n) is 1.20. The van der Waals surface area contributed by atoms with Gasteiger partial charge in [0.2, 0.25) is 0 Å². The Morgan fingerprint density at radius 3 is 1.53 bits per heavy atom. The summed E-state index contributed by atoms with van der Waals surface area (Å²) in [5.41, 5.74) is 35.4. The molecule has 0 aliphatic heterocycles. The minimum absolute atomic E-state index is 0.0752. The maximum Gasteiger partial charge on any atom is 0.342 e. The smallest absolute Gasteiger partial charge is 0.342 e. The molecule has 0 atom stereocenters. The molecule has 0 aromatic heterocycles. The molecule has 17 heavy (non-hydrogen) atoms. The van der Waals surface area contributed by atoms with Crippen LogP contribution in [0, 0.1) is 0 Å². The van der Waals surface area contributed by atoms with Crippen molar-refractivity contribution in [2.45, 2.75) is 36.0 Å². The van der Waals surface area contributed by atoms with Gasteiger partial charge >= 0.3 is 5.97 Å². The molecular weight excluding hydrogens is 228 g/mol. The molecule has 0 heterocycles. The average molecular weight is 250 g/mol. The largest absolute Gasteiger partial charge is 0.479 e. The predicted octanol–water partition coefficient (Wildman–Crippen LogP) is -5.06. The molecule has 0 saturated carbocycles. The van der Waals surface area contributed by atoms with Gasteiger partial charge in [-0.2, -0.15) is 0 Å². The third-order valence-electron chi connectivity index (χ3n) is 3.08. The monoisotopic (exact) mass is 250 g/mol. The summed E-state index contributed by atoms with van der Waals surface area (Å²) in [6, 6.07) is 0. The summed E-state index contributed by atoms with van der Waals surface area (Å²) in [5, 5.41) is 8.88. The standard InChI is InChI=1S/C7H22N8O2/c1-2-4(8,9)6(12,13)7(14,15)5(10,11)3(16)17/h2,8-15H2,1H3,(H,16,17). The SMILES string of the molecule is CCC(N)(N)C(N)(N)C(N)(N)C(N)(N)C(=O)O. The summed E-state index contributed by atoms with van der Waals surface area (Å²) < 4.78 is 0. The highest BCUT2D eigenvalue weighted by molar-refractivity contribution is 5.80. The van der Waals surface area contributed by atoms with Gasteiger partial charge in [0, 0.05) is 0 Å². The van der Waals surface area contributed by atoms with Crippen LogP contribution in [0.25, 0.3) is 0 Å². The van der Waals surface area contributed by atoms with Crippen LogP contribution in [0.4, 0.5) is 0 Å². The van der Waals surface area contributed by atoms with E-state index >= 15 is 0 Å². The van der Waals surface area contributed by atoms with Crippen LogP contribution in [-0.4, -0.2) is 33.7 Å². The van der Waals surface area contributed by atoms with Crippen LogP contribution in [0.1, 0.15) is 13.3 Å². The van der Waals surface area contributed by atoms with E-state index in [4.69, 9.17) is 51.0 Å². The van der Waals surface area contributed by atoms with E-state index < -0.39 is 28.6 Å². The summed E-state index contributed by atoms with van der Waals surface area (Å²) in [7, 11) is 0. The Morgan fingerprint density at radius 2 is 1.29 bits per heavy atom. The number of hydrogen-bond donors (Lipinski definition) is 9. The third-order valence-corrected chi connectivity index (χ3v) is 3.08. The van der Waals surface area contributed by atoms with E-state index in [2.05, 4.69) is 0 Å². The first-order valence-corrected chi connectivity index (χ1v) is 4.80. The molecule has 0 rings (SSSR count). The van der Waals surface area contributed by atoms with Crippen LogP contribution in [-0.2, 0) is 4.79 Å². The molecule has 10 heteroatoms. The van der Waals surface area contributed by atoms with Gasteiger partial charge in [0.05, 0.1) is 5.66 Å². The fourth-order valence-corrected chi connectivity index (χ4v) is 1.20. The number of aliphatic carboxylic acids is 1. The van der Waals surface area contributed by atoms with Crippen LogP contribution in [0.5, 0.6) is 0 Å². The maximum atomic E-state index is 10.9. The van der Waals surface area contributed by atoms with Gasteiger partial charge in [-0.05, 0) is 6.42 Å². The lowest BCUT2D eigenvalue weighted by Crippen LogP contribution is -2.97. The highest BCUT2D eigenvalue weighted by Gasteiger charge is 2.62. The number of rotatable bonds is 5. The highest BCUT2D eigenvalue weighted by atomic mass is 16.4. The van der Waals surface area contributed by atoms with Gasteiger partial charge in [0.15, 0.2) is 5.66 Å². The van der Waals surface area contributed by atoms with Crippen molar-refractivity contribution >= 4 is 5.97 Å². The van der Waals surface area contributed by atoms with Gasteiger partial charge in [0.1, 0.15) is 11.3 Å². The second-order valence-electron chi connectivity index (χ2n) is 4.31. The highest BCUT2D eigenvalue weighted by Crippen LogP contribution is 2.23. The first-order chi connectivity index (χ1) is 7.25. The van der Waals surface area contributed by atoms with E-state index in [0.717, 1.165) is 0 Å². The first-order valence-electron chi connectivity index (χ1n) is 4.80. The molecule has 0 aromatic carbocycles. The van der Waals surface area contributed by atoms with Gasteiger partial charge in [-0.1, -0.05) is 6.92 Å². The lowest BCUT2D eigenvalue weighted by atomic mass is 9.75. The molecule has 102 valence electrons. The van der Waals surface area contributed by atoms with E-state index in [1.165, 1.54) is 0 Å². The van der Waals surface area contributed by atoms with E-state index in [9.17, 15) is 4.79 Å². The summed E-state index contributed by atoms with van der Waals surface area (Å²) >= 11 is 0. The minimum Gasteiger partial charge on any atom is -0.479 e. The molecular formula is C7H22N8O2. The normalized spacial score (nSPS) is 14.9. The Kier molecular flexibility index (Phi) is 3.91. The maximum absolute atomic E-state index is 10.9. The zero-order valence-corrected chi connectivity index (χ0v) is 9.68. The number of hydrogen-bond acceptors (Lipinski definition) is 9. The van der Waals surface area contributed by atoms with Crippen LogP contribution in [0.2, 0.25) is 0 Å². The summed E-state index contributed by atoms with van der Waals surface area (Å²) in [6.07, 6.45) is 0.0752. The van der Waals surface area contributed by atoms with Crippen molar-refractivity contribution in [1.82, 2.24) is 0 Å². The number of carboxylic acids is 1. The number of carboxylic acid groups (broad SMARTS) is 1. The second kappa shape index (κ2) is 4.12. The molecule has 0 fully saturated rings. The van der Waals surface area contributed by atoms with Gasteiger partial charge in [-0.25, -0.2) is 4.79 Å². The van der Waals surface area contributed by atoms with Crippen molar-refractivity contribution in [3.05, 3.63) is 0 Å². The van der Waals surface area contributed by atoms with Crippen molar-refractivity contribution in [1.29, 1.82) is 0 Å². The van der Waals surface area contributed by atoms with E-state index in [1.54, 1.807) is 6.92 Å². The summed E-state index contributed by atoms with van der Waals surface area (Å²) in [4.78, 5) is 10.9. The fraction of sp³-hybridized carbons (Fsp3) is 0.857. The molecule has 0 saturated heterocycles. The average Bonchev–Trinajstić information content (AvgIpc) is 2.16. The Labute approximate surface area is 98.6 Å². The van der Waals surface area contributed by atoms with Crippen LogP contribution in [0.3, 0.4) is 0 Å². The molecule has 0 unspecified atom stereocenters. The van der Waals surface area contributed by atoms with E-state index in [-0.39, 0.29) is 6.42 Å². The summed E-state index contributed by atoms with van der Waals surface area (Å²) in [6.45, 7) is 1.57. The number of nitrogens with two attached hydrogens (primary N) is 8. The molecule has 0 aliphatic rings. The Balaban J connectivity index is 5.69. The van der Waals surface area contributed by atoms with Gasteiger partial charge in [0.25, 0.3) is 0 Å². The summed E-state index contributed by atoms with van der Waals surface area (Å²) in [5.74, 6) is -1.69. The number of carbonyl (C=O) groups is 1. The quantitative estimate of drug-likeness (QED) is 0.210. The van der Waals surface area contributed by atoms with Gasteiger partial charge < -0.3 is 51.0 Å². The molecule has 10 nitrogen and oxygen atoms in total. The van der Waals surface area contributed by atoms with Crippen LogP contribution >= 0.6 is 0 Å². The van der Waals surface area contributed by atoms with Crippen molar-refractivity contribution in [2.24, 2.45) is 45.9 Å². The van der Waals surface area contributed by atoms with Crippen molar-refractivity contribution in [3.8, 4) is 0 Å². The van der Waals surface area contributed by atoms with Crippen LogP contribution < -0.4 is 45.9 Å². The van der Waals surface area contributed by atoms with Gasteiger partial charge in [-0.15, -0.1) is 0 Å². The van der Waals surface area contributed by atoms with Crippen molar-refractivity contribution in [3.63, 3.8) is 0 Å².